The second-order valence-corrected chi connectivity index (χ2v) is 5.49. The third-order valence-corrected chi connectivity index (χ3v) is 3.90. The molecule has 0 amide bonds. The van der Waals surface area contributed by atoms with Gasteiger partial charge in [-0.15, -0.1) is 0 Å². The lowest BCUT2D eigenvalue weighted by molar-refractivity contribution is 1.07. The maximum absolute atomic E-state index is 12.1. The Bertz CT molecular complexity index is 1080. The van der Waals surface area contributed by atoms with E-state index in [9.17, 15) is 4.79 Å². The Hall–Kier alpha value is -3.25. The Morgan fingerprint density at radius 3 is 2.92 bits per heavy atom. The van der Waals surface area contributed by atoms with Crippen LogP contribution in [0.1, 0.15) is 5.56 Å². The van der Waals surface area contributed by atoms with Gasteiger partial charge in [0.1, 0.15) is 11.5 Å². The molecule has 0 saturated heterocycles. The highest BCUT2D eigenvalue weighted by atomic mass is 16.1. The van der Waals surface area contributed by atoms with Crippen molar-refractivity contribution < 1.29 is 0 Å². The van der Waals surface area contributed by atoms with Crippen molar-refractivity contribution in [1.29, 1.82) is 0 Å². The molecule has 0 spiro atoms. The molecule has 4 N–H and O–H groups in total. The van der Waals surface area contributed by atoms with Gasteiger partial charge in [-0.25, -0.2) is 9.97 Å². The number of aromatic nitrogens is 4. The van der Waals surface area contributed by atoms with Gasteiger partial charge < -0.3 is 15.7 Å². The molecule has 3 aromatic heterocycles. The van der Waals surface area contributed by atoms with Crippen LogP contribution < -0.4 is 11.3 Å². The first-order chi connectivity index (χ1) is 11.7. The van der Waals surface area contributed by atoms with Crippen LogP contribution in [-0.4, -0.2) is 19.9 Å². The first kappa shape index (κ1) is 14.3. The SMILES string of the molecule is NCc1cccc(-c2nc(-c3c[nH]c4ncccc34)cc(=O)[nH]2)c1. The van der Waals surface area contributed by atoms with Crippen LogP contribution in [0.15, 0.2) is 59.7 Å². The number of aromatic amines is 2. The molecule has 0 saturated carbocycles. The molecule has 0 aliphatic heterocycles. The fourth-order valence-corrected chi connectivity index (χ4v) is 2.75. The zero-order valence-corrected chi connectivity index (χ0v) is 12.8. The van der Waals surface area contributed by atoms with Crippen molar-refractivity contribution in [3.8, 4) is 22.6 Å². The molecule has 4 rings (SSSR count). The number of nitrogens with two attached hydrogens (primary N) is 1. The van der Waals surface area contributed by atoms with E-state index in [0.29, 0.717) is 18.1 Å². The van der Waals surface area contributed by atoms with Gasteiger partial charge in [0.15, 0.2) is 0 Å². The maximum Gasteiger partial charge on any atom is 0.251 e. The molecule has 6 heteroatoms. The minimum atomic E-state index is -0.202. The Balaban J connectivity index is 1.89. The van der Waals surface area contributed by atoms with Crippen molar-refractivity contribution in [1.82, 2.24) is 19.9 Å². The zero-order chi connectivity index (χ0) is 16.5. The monoisotopic (exact) mass is 317 g/mol. The quantitative estimate of drug-likeness (QED) is 0.540. The molecule has 24 heavy (non-hydrogen) atoms. The van der Waals surface area contributed by atoms with E-state index in [-0.39, 0.29) is 5.56 Å². The van der Waals surface area contributed by atoms with E-state index in [1.165, 1.54) is 6.07 Å². The Labute approximate surface area is 137 Å². The topological polar surface area (TPSA) is 100 Å². The van der Waals surface area contributed by atoms with Crippen molar-refractivity contribution in [2.24, 2.45) is 5.73 Å². The number of H-pyrrole nitrogens is 2. The van der Waals surface area contributed by atoms with Gasteiger partial charge >= 0.3 is 0 Å². The molecule has 0 aliphatic rings. The summed E-state index contributed by atoms with van der Waals surface area (Å²) >= 11 is 0. The molecule has 0 radical (unpaired) electrons. The fourth-order valence-electron chi connectivity index (χ4n) is 2.75. The second kappa shape index (κ2) is 5.75. The van der Waals surface area contributed by atoms with Gasteiger partial charge in [-0.3, -0.25) is 4.79 Å². The predicted octanol–water partition coefficient (Wildman–Crippen LogP) is 2.44. The normalized spacial score (nSPS) is 11.0. The van der Waals surface area contributed by atoms with Crippen LogP contribution in [0.3, 0.4) is 0 Å². The number of pyridine rings is 1. The molecule has 4 aromatic rings. The number of hydrogen-bond acceptors (Lipinski definition) is 4. The number of nitrogens with zero attached hydrogens (tertiary/aromatic N) is 2. The summed E-state index contributed by atoms with van der Waals surface area (Å²) in [5.41, 5.74) is 9.52. The minimum Gasteiger partial charge on any atom is -0.345 e. The maximum atomic E-state index is 12.1. The third-order valence-electron chi connectivity index (χ3n) is 3.90. The van der Waals surface area contributed by atoms with Crippen molar-refractivity contribution in [3.05, 3.63) is 70.8 Å². The largest absolute Gasteiger partial charge is 0.345 e. The van der Waals surface area contributed by atoms with Gasteiger partial charge in [0, 0.05) is 41.5 Å². The molecule has 0 bridgehead atoms. The van der Waals surface area contributed by atoms with E-state index < -0.39 is 0 Å². The average Bonchev–Trinajstić information content (AvgIpc) is 3.05. The lowest BCUT2D eigenvalue weighted by Gasteiger charge is -2.05. The first-order valence-electron chi connectivity index (χ1n) is 7.58. The van der Waals surface area contributed by atoms with E-state index in [2.05, 4.69) is 19.9 Å². The molecule has 0 aliphatic carbocycles. The van der Waals surface area contributed by atoms with Crippen LogP contribution in [0.2, 0.25) is 0 Å². The van der Waals surface area contributed by atoms with E-state index in [4.69, 9.17) is 5.73 Å². The van der Waals surface area contributed by atoms with Crippen LogP contribution in [0.5, 0.6) is 0 Å². The van der Waals surface area contributed by atoms with Crippen molar-refractivity contribution in [3.63, 3.8) is 0 Å². The van der Waals surface area contributed by atoms with Crippen LogP contribution >= 0.6 is 0 Å². The second-order valence-electron chi connectivity index (χ2n) is 5.49. The number of nitrogens with one attached hydrogen (secondary N) is 2. The van der Waals surface area contributed by atoms with Crippen molar-refractivity contribution >= 4 is 11.0 Å². The molecular formula is C18H15N5O. The average molecular weight is 317 g/mol. The smallest absolute Gasteiger partial charge is 0.251 e. The van der Waals surface area contributed by atoms with Crippen molar-refractivity contribution in [2.45, 2.75) is 6.54 Å². The summed E-state index contributed by atoms with van der Waals surface area (Å²) in [4.78, 5) is 26.9. The molecule has 0 fully saturated rings. The van der Waals surface area contributed by atoms with E-state index in [1.54, 1.807) is 6.20 Å². The third kappa shape index (κ3) is 2.49. The van der Waals surface area contributed by atoms with E-state index in [0.717, 1.165) is 27.7 Å². The molecular weight excluding hydrogens is 302 g/mol. The summed E-state index contributed by atoms with van der Waals surface area (Å²) in [7, 11) is 0. The molecule has 6 nitrogen and oxygen atoms in total. The van der Waals surface area contributed by atoms with Gasteiger partial charge in [-0.1, -0.05) is 18.2 Å². The van der Waals surface area contributed by atoms with Crippen LogP contribution in [0.25, 0.3) is 33.7 Å². The van der Waals surface area contributed by atoms with Gasteiger partial charge in [-0.2, -0.15) is 0 Å². The number of hydrogen-bond donors (Lipinski definition) is 3. The van der Waals surface area contributed by atoms with Gasteiger partial charge in [0.2, 0.25) is 0 Å². The summed E-state index contributed by atoms with van der Waals surface area (Å²) in [6, 6.07) is 13.0. The molecule has 118 valence electrons. The highest BCUT2D eigenvalue weighted by Crippen LogP contribution is 2.26. The number of benzene rings is 1. The Morgan fingerprint density at radius 1 is 1.12 bits per heavy atom. The van der Waals surface area contributed by atoms with Gasteiger partial charge in [0.25, 0.3) is 5.56 Å². The fraction of sp³-hybridized carbons (Fsp3) is 0.0556. The summed E-state index contributed by atoms with van der Waals surface area (Å²) < 4.78 is 0. The molecule has 0 atom stereocenters. The van der Waals surface area contributed by atoms with Gasteiger partial charge in [0.05, 0.1) is 5.69 Å². The Kier molecular flexibility index (Phi) is 3.44. The van der Waals surface area contributed by atoms with E-state index in [1.807, 2.05) is 42.6 Å². The molecule has 1 aromatic carbocycles. The predicted molar refractivity (Wildman–Crippen MR) is 93.3 cm³/mol. The Morgan fingerprint density at radius 2 is 2.04 bits per heavy atom. The zero-order valence-electron chi connectivity index (χ0n) is 12.8. The first-order valence-corrected chi connectivity index (χ1v) is 7.58. The molecule has 0 unspecified atom stereocenters. The van der Waals surface area contributed by atoms with Crippen LogP contribution in [0.4, 0.5) is 0 Å². The summed E-state index contributed by atoms with van der Waals surface area (Å²) in [6.07, 6.45) is 3.54. The van der Waals surface area contributed by atoms with Crippen LogP contribution in [-0.2, 0) is 6.54 Å². The number of rotatable bonds is 3. The minimum absolute atomic E-state index is 0.202. The lowest BCUT2D eigenvalue weighted by atomic mass is 10.1. The summed E-state index contributed by atoms with van der Waals surface area (Å²) in [6.45, 7) is 0.436. The van der Waals surface area contributed by atoms with Gasteiger partial charge in [-0.05, 0) is 23.8 Å². The van der Waals surface area contributed by atoms with Crippen molar-refractivity contribution in [2.75, 3.05) is 0 Å². The number of fused-ring (bicyclic) bond motifs is 1. The highest BCUT2D eigenvalue weighted by molar-refractivity contribution is 5.92. The summed E-state index contributed by atoms with van der Waals surface area (Å²) in [5.74, 6) is 0.519. The molecule has 3 heterocycles. The standard InChI is InChI=1S/C18H15N5O/c19-9-11-3-1-4-12(7-11)17-22-15(8-16(24)23-17)14-10-21-18-13(14)5-2-6-20-18/h1-8,10H,9,19H2,(H,20,21)(H,22,23,24). The van der Waals surface area contributed by atoms with E-state index >= 15 is 0 Å². The van der Waals surface area contributed by atoms with Crippen LogP contribution in [0, 0.1) is 0 Å². The lowest BCUT2D eigenvalue weighted by Crippen LogP contribution is -2.08. The summed E-state index contributed by atoms with van der Waals surface area (Å²) in [5, 5.41) is 0.928. The highest BCUT2D eigenvalue weighted by Gasteiger charge is 2.11.